The van der Waals surface area contributed by atoms with Crippen molar-refractivity contribution < 1.29 is 18.2 Å². The van der Waals surface area contributed by atoms with Crippen molar-refractivity contribution in [3.63, 3.8) is 0 Å². The highest BCUT2D eigenvalue weighted by atomic mass is 31.2. The molecule has 0 aromatic heterocycles. The van der Waals surface area contributed by atoms with Crippen molar-refractivity contribution in [2.75, 3.05) is 0 Å². The molecule has 0 aliphatic rings. The van der Waals surface area contributed by atoms with Crippen LogP contribution in [0.5, 0.6) is 0 Å². The highest BCUT2D eigenvalue weighted by molar-refractivity contribution is 7.74. The van der Waals surface area contributed by atoms with E-state index in [1.807, 2.05) is 121 Å². The van der Waals surface area contributed by atoms with E-state index in [1.54, 1.807) is 0 Å². The van der Waals surface area contributed by atoms with Crippen LogP contribution in [0.1, 0.15) is 54.9 Å². The summed E-state index contributed by atoms with van der Waals surface area (Å²) in [6.07, 6.45) is -0.308. The van der Waals surface area contributed by atoms with E-state index in [-0.39, 0.29) is 5.92 Å². The van der Waals surface area contributed by atoms with Gasteiger partial charge >= 0.3 is 0 Å². The van der Waals surface area contributed by atoms with E-state index in [1.165, 1.54) is 0 Å². The average Bonchev–Trinajstić information content (AvgIpc) is 3.01. The van der Waals surface area contributed by atoms with Crippen molar-refractivity contribution in [1.82, 2.24) is 0 Å². The zero-order valence-electron chi connectivity index (χ0n) is 26.5. The van der Waals surface area contributed by atoms with E-state index in [4.69, 9.17) is 9.05 Å². The summed E-state index contributed by atoms with van der Waals surface area (Å²) in [6, 6.07) is 37.9. The summed E-state index contributed by atoms with van der Waals surface area (Å²) in [5, 5.41) is 2.60. The van der Waals surface area contributed by atoms with Crippen molar-refractivity contribution in [2.24, 2.45) is 16.7 Å². The summed E-state index contributed by atoms with van der Waals surface area (Å²) < 4.78 is 44.4. The number of benzene rings is 4. The molecule has 0 saturated carbocycles. The lowest BCUT2D eigenvalue weighted by molar-refractivity contribution is -0.0527. The quantitative estimate of drug-likeness (QED) is 0.158. The molecular weight excluding hydrogens is 570 g/mol. The molecule has 0 radical (unpaired) electrons. The first kappa shape index (κ1) is 33.2. The zero-order chi connectivity index (χ0) is 31.3. The molecule has 4 aromatic rings. The Morgan fingerprint density at radius 1 is 0.488 bits per heavy atom. The predicted octanol–water partition coefficient (Wildman–Crippen LogP) is 8.73. The largest absolute Gasteiger partial charge is 0.318 e. The van der Waals surface area contributed by atoms with Gasteiger partial charge in [0.05, 0.1) is 12.2 Å². The van der Waals surface area contributed by atoms with Gasteiger partial charge in [-0.1, -0.05) is 121 Å². The molecule has 2 unspecified atom stereocenters. The van der Waals surface area contributed by atoms with Crippen LogP contribution >= 0.6 is 14.7 Å². The number of hydrogen-bond donors (Lipinski definition) is 0. The van der Waals surface area contributed by atoms with Crippen molar-refractivity contribution in [2.45, 2.75) is 67.1 Å². The molecule has 0 aliphatic carbocycles. The Kier molecular flexibility index (Phi) is 10.4. The molecule has 0 heterocycles. The van der Waals surface area contributed by atoms with Crippen LogP contribution < -0.4 is 21.2 Å². The molecule has 0 spiro atoms. The maximum Gasteiger partial charge on any atom is 0.261 e. The molecule has 2 atom stereocenters. The van der Waals surface area contributed by atoms with Crippen molar-refractivity contribution >= 4 is 36.0 Å². The SMILES string of the molecule is CCC(C(OP(=O)(c1ccccc1)c1ccccc1)C(C)(C)C)C(OP(=O)(c1ccccc1)c1ccccc1)C(C)(C)C. The van der Waals surface area contributed by atoms with Gasteiger partial charge in [-0.2, -0.15) is 0 Å². The van der Waals surface area contributed by atoms with Gasteiger partial charge in [0.1, 0.15) is 0 Å². The van der Waals surface area contributed by atoms with Gasteiger partial charge in [-0.05, 0) is 65.8 Å². The van der Waals surface area contributed by atoms with Crippen LogP contribution in [0.4, 0.5) is 0 Å². The molecule has 0 amide bonds. The van der Waals surface area contributed by atoms with Gasteiger partial charge in [0.25, 0.3) is 14.7 Å². The monoisotopic (exact) mass is 616 g/mol. The van der Waals surface area contributed by atoms with E-state index in [0.29, 0.717) is 27.6 Å². The van der Waals surface area contributed by atoms with Gasteiger partial charge in [0, 0.05) is 27.1 Å². The standard InChI is InChI=1S/C37H46O4P2/c1-8-33(34(36(2,3)4)40-42(38,29-21-13-9-14-22-29)30-23-15-10-16-24-30)35(37(5,6)7)41-43(39,31-25-17-11-18-26-31)32-27-19-12-20-28-32/h9-28,33-35H,8H2,1-7H3. The average molecular weight is 617 g/mol. The fraction of sp³-hybridized carbons (Fsp3) is 0.351. The molecule has 4 rings (SSSR count). The van der Waals surface area contributed by atoms with Crippen LogP contribution in [0.25, 0.3) is 0 Å². The Labute approximate surface area is 258 Å². The second-order valence-corrected chi connectivity index (χ2v) is 18.0. The molecule has 4 nitrogen and oxygen atoms in total. The van der Waals surface area contributed by atoms with Crippen LogP contribution in [0.3, 0.4) is 0 Å². The van der Waals surface area contributed by atoms with Crippen molar-refractivity contribution in [3.8, 4) is 0 Å². The van der Waals surface area contributed by atoms with E-state index in [9.17, 15) is 0 Å². The van der Waals surface area contributed by atoms with Gasteiger partial charge in [-0.3, -0.25) is 9.13 Å². The Balaban J connectivity index is 1.87. The van der Waals surface area contributed by atoms with Crippen LogP contribution in [0.15, 0.2) is 121 Å². The number of rotatable bonds is 11. The molecule has 43 heavy (non-hydrogen) atoms. The van der Waals surface area contributed by atoms with Gasteiger partial charge in [0.2, 0.25) is 0 Å². The summed E-state index contributed by atoms with van der Waals surface area (Å²) in [6.45, 7) is 14.8. The van der Waals surface area contributed by atoms with E-state index < -0.39 is 37.8 Å². The lowest BCUT2D eigenvalue weighted by Gasteiger charge is -2.46. The van der Waals surface area contributed by atoms with Crippen LogP contribution in [0, 0.1) is 16.7 Å². The second kappa shape index (κ2) is 13.5. The lowest BCUT2D eigenvalue weighted by atomic mass is 9.71. The van der Waals surface area contributed by atoms with Gasteiger partial charge < -0.3 is 9.05 Å². The van der Waals surface area contributed by atoms with Crippen LogP contribution in [-0.4, -0.2) is 12.2 Å². The Morgan fingerprint density at radius 3 is 0.907 bits per heavy atom. The zero-order valence-corrected chi connectivity index (χ0v) is 28.3. The highest BCUT2D eigenvalue weighted by Crippen LogP contribution is 2.55. The fourth-order valence-corrected chi connectivity index (χ4v) is 10.6. The van der Waals surface area contributed by atoms with Crippen LogP contribution in [0.2, 0.25) is 0 Å². The van der Waals surface area contributed by atoms with E-state index >= 15 is 9.13 Å². The third-order valence-electron chi connectivity index (χ3n) is 7.86. The smallest absolute Gasteiger partial charge is 0.261 e. The fourth-order valence-electron chi connectivity index (χ4n) is 5.70. The normalized spacial score (nSPS) is 15.0. The minimum Gasteiger partial charge on any atom is -0.318 e. The first-order valence-corrected chi connectivity index (χ1v) is 18.3. The first-order valence-electron chi connectivity index (χ1n) is 15.1. The van der Waals surface area contributed by atoms with Gasteiger partial charge in [-0.15, -0.1) is 0 Å². The summed E-state index contributed by atoms with van der Waals surface area (Å²) in [5.41, 5.74) is -0.841. The van der Waals surface area contributed by atoms with Gasteiger partial charge in [0.15, 0.2) is 0 Å². The Hall–Kier alpha value is -2.74. The summed E-state index contributed by atoms with van der Waals surface area (Å²) >= 11 is 0. The molecular formula is C37H46O4P2. The predicted molar refractivity (Wildman–Crippen MR) is 182 cm³/mol. The Morgan fingerprint density at radius 2 is 0.721 bits per heavy atom. The molecule has 228 valence electrons. The Bertz CT molecular complexity index is 1320. The lowest BCUT2D eigenvalue weighted by Crippen LogP contribution is -2.48. The van der Waals surface area contributed by atoms with Gasteiger partial charge in [-0.25, -0.2) is 0 Å². The minimum atomic E-state index is -3.53. The van der Waals surface area contributed by atoms with E-state index in [0.717, 1.165) is 0 Å². The van der Waals surface area contributed by atoms with Crippen molar-refractivity contribution in [3.05, 3.63) is 121 Å². The van der Waals surface area contributed by atoms with Crippen LogP contribution in [-0.2, 0) is 18.2 Å². The minimum absolute atomic E-state index is 0.235. The van der Waals surface area contributed by atoms with E-state index in [2.05, 4.69) is 48.5 Å². The molecule has 6 heteroatoms. The topological polar surface area (TPSA) is 52.6 Å². The third-order valence-corrected chi connectivity index (χ3v) is 12.8. The highest BCUT2D eigenvalue weighted by Gasteiger charge is 2.48. The second-order valence-electron chi connectivity index (χ2n) is 13.3. The maximum atomic E-state index is 15.2. The molecule has 4 aromatic carbocycles. The summed E-state index contributed by atoms with van der Waals surface area (Å²) in [5.74, 6) is -0.235. The third kappa shape index (κ3) is 7.50. The molecule has 0 fully saturated rings. The molecule has 0 bridgehead atoms. The summed E-state index contributed by atoms with van der Waals surface area (Å²) in [7, 11) is -7.06. The molecule has 0 saturated heterocycles. The van der Waals surface area contributed by atoms with Crippen molar-refractivity contribution in [1.29, 1.82) is 0 Å². The number of hydrogen-bond acceptors (Lipinski definition) is 4. The maximum absolute atomic E-state index is 15.2. The first-order chi connectivity index (χ1) is 20.3. The molecule has 0 N–H and O–H groups in total. The summed E-state index contributed by atoms with van der Waals surface area (Å²) in [4.78, 5) is 0. The molecule has 0 aliphatic heterocycles.